The maximum Gasteiger partial charge on any atom is 0.213 e. The highest BCUT2D eigenvalue weighted by Crippen LogP contribution is 2.32. The number of rotatable bonds is 1. The molecular weight excluding hydrogens is 377 g/mol. The Bertz CT molecular complexity index is 1400. The number of thiazole rings is 1. The minimum Gasteiger partial charge on any atom is -0.383 e. The maximum absolute atomic E-state index is 14.2. The molecule has 0 fully saturated rings. The summed E-state index contributed by atoms with van der Waals surface area (Å²) >= 11 is 6.92. The van der Waals surface area contributed by atoms with Gasteiger partial charge in [-0.1, -0.05) is 29.0 Å². The summed E-state index contributed by atoms with van der Waals surface area (Å²) in [6.07, 6.45) is 1.73. The van der Waals surface area contributed by atoms with Crippen LogP contribution in [0.4, 0.5) is 10.2 Å². The molecule has 4 aromatic heterocycles. The fourth-order valence-corrected chi connectivity index (χ4v) is 4.01. The summed E-state index contributed by atoms with van der Waals surface area (Å²) in [7, 11) is 0. The normalized spacial score (nSPS) is 11.8. The Hall–Kier alpha value is -3.04. The molecule has 4 heterocycles. The Morgan fingerprint density at radius 2 is 2.04 bits per heavy atom. The van der Waals surface area contributed by atoms with Crippen LogP contribution in [-0.4, -0.2) is 24.1 Å². The van der Waals surface area contributed by atoms with E-state index in [1.165, 1.54) is 10.7 Å². The smallest absolute Gasteiger partial charge is 0.213 e. The zero-order chi connectivity index (χ0) is 18.0. The first kappa shape index (κ1) is 15.2. The topological polar surface area (TPSA) is 97.9 Å². The van der Waals surface area contributed by atoms with Crippen LogP contribution in [0.15, 0.2) is 36.5 Å². The quantitative estimate of drug-likeness (QED) is 0.463. The van der Waals surface area contributed by atoms with Gasteiger partial charge in [-0.25, -0.2) is 14.4 Å². The lowest BCUT2D eigenvalue weighted by atomic mass is 10.3. The van der Waals surface area contributed by atoms with Crippen molar-refractivity contribution in [2.45, 2.75) is 0 Å². The lowest BCUT2D eigenvalue weighted by Gasteiger charge is -2.00. The highest BCUT2D eigenvalue weighted by molar-refractivity contribution is 7.20. The van der Waals surface area contributed by atoms with E-state index in [1.807, 2.05) is 6.07 Å². The van der Waals surface area contributed by atoms with Gasteiger partial charge in [0.2, 0.25) is 5.13 Å². The fraction of sp³-hybridized carbons (Fsp3) is 0. The Balaban J connectivity index is 1.84. The molecule has 0 aliphatic rings. The third-order valence-corrected chi connectivity index (χ3v) is 5.39. The first-order valence-electron chi connectivity index (χ1n) is 7.49. The molecule has 26 heavy (non-hydrogen) atoms. The third kappa shape index (κ3) is 1.98. The van der Waals surface area contributed by atoms with E-state index in [0.717, 1.165) is 11.3 Å². The van der Waals surface area contributed by atoms with Crippen LogP contribution in [-0.2, 0) is 0 Å². The molecule has 0 aliphatic heterocycles. The second-order valence-corrected chi connectivity index (χ2v) is 6.98. The number of hydrogen-bond acceptors (Lipinski definition) is 6. The molecule has 0 atom stereocenters. The summed E-state index contributed by atoms with van der Waals surface area (Å²) in [6.45, 7) is 0. The van der Waals surface area contributed by atoms with Gasteiger partial charge in [-0.3, -0.25) is 9.81 Å². The Morgan fingerprint density at radius 3 is 2.88 bits per heavy atom. The molecule has 0 radical (unpaired) electrons. The summed E-state index contributed by atoms with van der Waals surface area (Å²) in [5, 5.41) is 13.6. The van der Waals surface area contributed by atoms with Gasteiger partial charge in [0, 0.05) is 6.20 Å². The van der Waals surface area contributed by atoms with Gasteiger partial charge in [-0.15, -0.1) is 5.10 Å². The second kappa shape index (κ2) is 5.23. The van der Waals surface area contributed by atoms with Crippen LogP contribution < -0.4 is 11.2 Å². The molecular formula is C16H9ClFN7S. The first-order valence-corrected chi connectivity index (χ1v) is 8.69. The van der Waals surface area contributed by atoms with E-state index in [0.29, 0.717) is 32.0 Å². The van der Waals surface area contributed by atoms with Crippen LogP contribution in [0.1, 0.15) is 0 Å². The molecule has 0 amide bonds. The van der Waals surface area contributed by atoms with Crippen molar-refractivity contribution >= 4 is 55.7 Å². The maximum atomic E-state index is 14.2. The highest BCUT2D eigenvalue weighted by Gasteiger charge is 2.19. The number of nitrogens with one attached hydrogen (secondary N) is 1. The number of halogens is 2. The van der Waals surface area contributed by atoms with Crippen molar-refractivity contribution in [3.8, 4) is 5.13 Å². The Labute approximate surface area is 153 Å². The lowest BCUT2D eigenvalue weighted by molar-refractivity contribution is 0.642. The van der Waals surface area contributed by atoms with Crippen molar-refractivity contribution < 1.29 is 4.39 Å². The number of benzene rings is 1. The predicted octanol–water partition coefficient (Wildman–Crippen LogP) is 3.14. The molecule has 0 unspecified atom stereocenters. The second-order valence-electron chi connectivity index (χ2n) is 5.59. The molecule has 3 N–H and O–H groups in total. The van der Waals surface area contributed by atoms with Gasteiger partial charge in [0.25, 0.3) is 0 Å². The van der Waals surface area contributed by atoms with Gasteiger partial charge < -0.3 is 5.73 Å². The van der Waals surface area contributed by atoms with Gasteiger partial charge in [0.15, 0.2) is 11.5 Å². The average molecular weight is 386 g/mol. The average Bonchev–Trinajstić information content (AvgIpc) is 3.20. The van der Waals surface area contributed by atoms with Gasteiger partial charge in [-0.05, 0) is 24.3 Å². The summed E-state index contributed by atoms with van der Waals surface area (Å²) in [6, 6.07) is 8.51. The minimum absolute atomic E-state index is 0.0315. The van der Waals surface area contributed by atoms with E-state index in [9.17, 15) is 4.39 Å². The highest BCUT2D eigenvalue weighted by atomic mass is 35.5. The van der Waals surface area contributed by atoms with E-state index in [-0.39, 0.29) is 16.3 Å². The van der Waals surface area contributed by atoms with Crippen molar-refractivity contribution in [1.82, 2.24) is 24.1 Å². The molecule has 10 heteroatoms. The van der Waals surface area contributed by atoms with Crippen molar-refractivity contribution in [3.05, 3.63) is 52.9 Å². The summed E-state index contributed by atoms with van der Waals surface area (Å²) in [5.74, 6) is -0.301. The number of nitrogen functional groups attached to an aromatic ring is 1. The van der Waals surface area contributed by atoms with Gasteiger partial charge in [-0.2, -0.15) is 4.68 Å². The van der Waals surface area contributed by atoms with Crippen LogP contribution in [0.3, 0.4) is 0 Å². The zero-order valence-electron chi connectivity index (χ0n) is 12.9. The molecule has 1 aromatic carbocycles. The summed E-state index contributed by atoms with van der Waals surface area (Å²) in [4.78, 5) is 8.83. The number of fused-ring (bicyclic) bond motifs is 3. The number of anilines is 1. The summed E-state index contributed by atoms with van der Waals surface area (Å²) in [5.41, 5.74) is 7.77. The van der Waals surface area contributed by atoms with Crippen molar-refractivity contribution in [2.24, 2.45) is 0 Å². The lowest BCUT2D eigenvalue weighted by Crippen LogP contribution is -2.15. The predicted molar refractivity (Wildman–Crippen MR) is 98.2 cm³/mol. The molecule has 0 spiro atoms. The van der Waals surface area contributed by atoms with Crippen molar-refractivity contribution in [2.75, 3.05) is 5.73 Å². The van der Waals surface area contributed by atoms with E-state index in [4.69, 9.17) is 22.7 Å². The molecule has 7 nitrogen and oxygen atoms in total. The van der Waals surface area contributed by atoms with Crippen LogP contribution >= 0.6 is 22.9 Å². The molecule has 0 saturated heterocycles. The third-order valence-electron chi connectivity index (χ3n) is 4.06. The molecule has 0 aliphatic carbocycles. The standard InChI is InChI=1S/C16H9ClFN7S/c17-7-4-5-8-12(11(7)18)26-16(21-8)25-14(20)10-13(19)24-6-2-1-3-9(24)22-15(10)23-25/h1-6,19H,20H2. The Morgan fingerprint density at radius 1 is 1.19 bits per heavy atom. The SMILES string of the molecule is N=c1c2c(N)n(-c3nc4ccc(Cl)c(F)c4s3)nc2nc2ccccn12. The molecule has 0 bridgehead atoms. The first-order chi connectivity index (χ1) is 12.5. The number of nitrogens with zero attached hydrogens (tertiary/aromatic N) is 5. The van der Waals surface area contributed by atoms with Gasteiger partial charge >= 0.3 is 0 Å². The van der Waals surface area contributed by atoms with Gasteiger partial charge in [0.1, 0.15) is 22.3 Å². The largest absolute Gasteiger partial charge is 0.383 e. The molecule has 5 aromatic rings. The van der Waals surface area contributed by atoms with Crippen LogP contribution in [0.25, 0.3) is 32.0 Å². The van der Waals surface area contributed by atoms with E-state index in [2.05, 4.69) is 15.1 Å². The van der Waals surface area contributed by atoms with Crippen LogP contribution in [0.2, 0.25) is 5.02 Å². The Kier molecular flexibility index (Phi) is 3.06. The number of aromatic nitrogens is 5. The van der Waals surface area contributed by atoms with Gasteiger partial charge in [0.05, 0.1) is 15.2 Å². The number of hydrogen-bond donors (Lipinski definition) is 2. The van der Waals surface area contributed by atoms with E-state index in [1.54, 1.807) is 28.8 Å². The number of nitrogens with two attached hydrogens (primary N) is 1. The van der Waals surface area contributed by atoms with E-state index < -0.39 is 5.82 Å². The monoisotopic (exact) mass is 385 g/mol. The number of pyridine rings is 1. The fourth-order valence-electron chi connectivity index (χ4n) is 2.83. The zero-order valence-corrected chi connectivity index (χ0v) is 14.5. The molecule has 128 valence electrons. The van der Waals surface area contributed by atoms with Crippen molar-refractivity contribution in [3.63, 3.8) is 0 Å². The van der Waals surface area contributed by atoms with Crippen LogP contribution in [0.5, 0.6) is 0 Å². The minimum atomic E-state index is -0.524. The molecule has 0 saturated carbocycles. The molecule has 5 rings (SSSR count). The van der Waals surface area contributed by atoms with Crippen LogP contribution in [0, 0.1) is 11.2 Å². The van der Waals surface area contributed by atoms with Crippen molar-refractivity contribution in [1.29, 1.82) is 5.41 Å². The summed E-state index contributed by atoms with van der Waals surface area (Å²) < 4.78 is 17.5. The van der Waals surface area contributed by atoms with E-state index >= 15 is 0 Å².